The van der Waals surface area contributed by atoms with Crippen molar-refractivity contribution in [1.82, 2.24) is 4.90 Å². The Labute approximate surface area is 159 Å². The van der Waals surface area contributed by atoms with Crippen LogP contribution in [0.2, 0.25) is 0 Å². The van der Waals surface area contributed by atoms with E-state index in [4.69, 9.17) is 0 Å². The Morgan fingerprint density at radius 3 is 2.19 bits per heavy atom. The number of hydrogen-bond acceptors (Lipinski definition) is 3. The van der Waals surface area contributed by atoms with Crippen molar-refractivity contribution in [3.8, 4) is 0 Å². The first kappa shape index (κ1) is 20.8. The second-order valence-electron chi connectivity index (χ2n) is 7.45. The van der Waals surface area contributed by atoms with Crippen LogP contribution in [0.3, 0.4) is 0 Å². The van der Waals surface area contributed by atoms with Crippen LogP contribution in [0.1, 0.15) is 72.1 Å². The van der Waals surface area contributed by atoms with Crippen LogP contribution in [0, 0.1) is 20.8 Å². The van der Waals surface area contributed by atoms with E-state index in [-0.39, 0.29) is 11.7 Å². The highest BCUT2D eigenvalue weighted by molar-refractivity contribution is 7.85. The highest BCUT2D eigenvalue weighted by atomic mass is 32.2. The van der Waals surface area contributed by atoms with Crippen molar-refractivity contribution in [2.75, 3.05) is 13.1 Å². The monoisotopic (exact) mass is 377 g/mol. The van der Waals surface area contributed by atoms with Gasteiger partial charge in [-0.2, -0.15) is 0 Å². The van der Waals surface area contributed by atoms with Gasteiger partial charge in [0.25, 0.3) is 0 Å². The van der Waals surface area contributed by atoms with Gasteiger partial charge in [0.1, 0.15) is 5.25 Å². The lowest BCUT2D eigenvalue weighted by Crippen LogP contribution is -2.40. The molecule has 1 amide bonds. The van der Waals surface area contributed by atoms with E-state index in [9.17, 15) is 13.8 Å². The van der Waals surface area contributed by atoms with Crippen LogP contribution >= 0.6 is 0 Å². The van der Waals surface area contributed by atoms with Gasteiger partial charge in [-0.25, -0.2) is 0 Å². The van der Waals surface area contributed by atoms with Gasteiger partial charge in [-0.05, 0) is 69.7 Å². The number of ketones is 1. The first-order valence-electron chi connectivity index (χ1n) is 9.50. The third kappa shape index (κ3) is 4.61. The van der Waals surface area contributed by atoms with E-state index in [1.807, 2.05) is 31.7 Å². The van der Waals surface area contributed by atoms with Crippen LogP contribution in [0.4, 0.5) is 0 Å². The zero-order chi connectivity index (χ0) is 19.4. The first-order valence-corrected chi connectivity index (χ1v) is 10.9. The maximum Gasteiger partial charge on any atom is 0.238 e. The maximum atomic E-state index is 12.9. The minimum absolute atomic E-state index is 0.000516. The first-order chi connectivity index (χ1) is 12.2. The van der Waals surface area contributed by atoms with Crippen molar-refractivity contribution < 1.29 is 13.8 Å². The Hall–Kier alpha value is -1.49. The molecule has 1 aliphatic heterocycles. The quantitative estimate of drug-likeness (QED) is 0.732. The van der Waals surface area contributed by atoms with E-state index in [1.165, 1.54) is 0 Å². The number of carbonyl (C=O) groups excluding carboxylic acids is 2. The molecule has 1 heterocycles. The van der Waals surface area contributed by atoms with Crippen LogP contribution in [0.15, 0.2) is 6.07 Å². The molecule has 0 spiro atoms. The molecule has 2 atom stereocenters. The minimum atomic E-state index is -1.30. The molecule has 144 valence electrons. The smallest absolute Gasteiger partial charge is 0.238 e. The van der Waals surface area contributed by atoms with Crippen LogP contribution in [0.25, 0.3) is 0 Å². The van der Waals surface area contributed by atoms with Gasteiger partial charge in [-0.1, -0.05) is 18.9 Å². The van der Waals surface area contributed by atoms with Crippen molar-refractivity contribution in [2.24, 2.45) is 0 Å². The van der Waals surface area contributed by atoms with Gasteiger partial charge in [0.15, 0.2) is 5.78 Å². The second-order valence-corrected chi connectivity index (χ2v) is 9.21. The fourth-order valence-corrected chi connectivity index (χ4v) is 5.27. The molecule has 4 nitrogen and oxygen atoms in total. The molecule has 0 radical (unpaired) electrons. The van der Waals surface area contributed by atoms with Crippen molar-refractivity contribution >= 4 is 22.5 Å². The number of Topliss-reactive ketones (excluding diaryl/α,β-unsaturated/α-hetero) is 1. The average Bonchev–Trinajstić information content (AvgIpc) is 2.85. The molecule has 5 heteroatoms. The summed E-state index contributed by atoms with van der Waals surface area (Å²) in [4.78, 5) is 26.6. The summed E-state index contributed by atoms with van der Waals surface area (Å²) in [6.07, 6.45) is 4.39. The standard InChI is InChI=1S/C21H31NO3S/c1-14-12-15(2)20(17(4)23)16(3)19(14)13-26(25)18(5)21(24)22-10-8-6-7-9-11-22/h12,18H,6-11,13H2,1-5H3/t18-,26+/m0/s1. The lowest BCUT2D eigenvalue weighted by atomic mass is 9.92. The summed E-state index contributed by atoms with van der Waals surface area (Å²) in [5.41, 5.74) is 4.55. The summed E-state index contributed by atoms with van der Waals surface area (Å²) in [5.74, 6) is 0.346. The molecule has 26 heavy (non-hydrogen) atoms. The van der Waals surface area contributed by atoms with Crippen molar-refractivity contribution in [1.29, 1.82) is 0 Å². The lowest BCUT2D eigenvalue weighted by molar-refractivity contribution is -0.130. The second kappa shape index (κ2) is 8.94. The number of rotatable bonds is 5. The van der Waals surface area contributed by atoms with Crippen molar-refractivity contribution in [3.05, 3.63) is 33.9 Å². The van der Waals surface area contributed by atoms with Gasteiger partial charge < -0.3 is 4.90 Å². The Bertz CT molecular complexity index is 718. The molecule has 0 saturated carbocycles. The number of hydrogen-bond donors (Lipinski definition) is 0. The molecular weight excluding hydrogens is 346 g/mol. The fraction of sp³-hybridized carbons (Fsp3) is 0.619. The SMILES string of the molecule is CC(=O)c1c(C)cc(C)c(C[S@@](=O)[C@@H](C)C(=O)N2CCCCCC2)c1C. The Kier molecular flexibility index (Phi) is 7.16. The molecular formula is C21H31NO3S. The molecule has 2 rings (SSSR count). The minimum Gasteiger partial charge on any atom is -0.342 e. The molecule has 0 bridgehead atoms. The molecule has 0 N–H and O–H groups in total. The summed E-state index contributed by atoms with van der Waals surface area (Å²) in [5, 5.41) is -0.519. The normalized spacial score (nSPS) is 17.5. The third-order valence-corrected chi connectivity index (χ3v) is 6.99. The van der Waals surface area contributed by atoms with Gasteiger partial charge in [-0.3, -0.25) is 13.8 Å². The fourth-order valence-electron chi connectivity index (χ4n) is 3.92. The Morgan fingerprint density at radius 1 is 1.08 bits per heavy atom. The average molecular weight is 378 g/mol. The number of likely N-dealkylation sites (tertiary alicyclic amines) is 1. The van der Waals surface area contributed by atoms with Gasteiger partial charge >= 0.3 is 0 Å². The number of amides is 1. The molecule has 1 aromatic rings. The molecule has 1 saturated heterocycles. The zero-order valence-corrected chi connectivity index (χ0v) is 17.5. The van der Waals surface area contributed by atoms with Gasteiger partial charge in [0.05, 0.1) is 0 Å². The van der Waals surface area contributed by atoms with Gasteiger partial charge in [0, 0.05) is 35.2 Å². The van der Waals surface area contributed by atoms with Crippen LogP contribution in [0.5, 0.6) is 0 Å². The topological polar surface area (TPSA) is 54.5 Å². The van der Waals surface area contributed by atoms with Crippen LogP contribution < -0.4 is 0 Å². The van der Waals surface area contributed by atoms with E-state index in [0.29, 0.717) is 11.3 Å². The number of carbonyl (C=O) groups is 2. The van der Waals surface area contributed by atoms with Crippen LogP contribution in [-0.4, -0.2) is 39.1 Å². The number of aryl methyl sites for hydroxylation is 2. The predicted molar refractivity (Wildman–Crippen MR) is 107 cm³/mol. The van der Waals surface area contributed by atoms with E-state index in [2.05, 4.69) is 0 Å². The third-order valence-electron chi connectivity index (χ3n) is 5.43. The van der Waals surface area contributed by atoms with Crippen molar-refractivity contribution in [3.63, 3.8) is 0 Å². The number of benzene rings is 1. The largest absolute Gasteiger partial charge is 0.342 e. The van der Waals surface area contributed by atoms with Crippen molar-refractivity contribution in [2.45, 2.75) is 71.3 Å². The molecule has 0 aliphatic carbocycles. The zero-order valence-electron chi connectivity index (χ0n) is 16.7. The summed E-state index contributed by atoms with van der Waals surface area (Å²) < 4.78 is 12.9. The molecule has 1 aromatic carbocycles. The Morgan fingerprint density at radius 2 is 1.65 bits per heavy atom. The summed E-state index contributed by atoms with van der Waals surface area (Å²) in [6, 6.07) is 1.98. The lowest BCUT2D eigenvalue weighted by Gasteiger charge is -2.24. The van der Waals surface area contributed by atoms with Gasteiger partial charge in [-0.15, -0.1) is 0 Å². The molecule has 1 fully saturated rings. The molecule has 1 aliphatic rings. The summed E-state index contributed by atoms with van der Waals surface area (Å²) in [7, 11) is -1.30. The summed E-state index contributed by atoms with van der Waals surface area (Å²) >= 11 is 0. The Balaban J connectivity index is 2.19. The van der Waals surface area contributed by atoms with E-state index < -0.39 is 16.0 Å². The molecule has 0 unspecified atom stereocenters. The summed E-state index contributed by atoms with van der Waals surface area (Å²) in [6.45, 7) is 10.7. The highest BCUT2D eigenvalue weighted by Gasteiger charge is 2.27. The number of nitrogens with zero attached hydrogens (tertiary/aromatic N) is 1. The van der Waals surface area contributed by atoms with E-state index >= 15 is 0 Å². The predicted octanol–water partition coefficient (Wildman–Crippen LogP) is 3.85. The van der Waals surface area contributed by atoms with E-state index in [1.54, 1.807) is 13.8 Å². The van der Waals surface area contributed by atoms with E-state index in [0.717, 1.165) is 61.0 Å². The van der Waals surface area contributed by atoms with Crippen LogP contribution in [-0.2, 0) is 21.3 Å². The van der Waals surface area contributed by atoms with Gasteiger partial charge in [0.2, 0.25) is 5.91 Å². The molecule has 0 aromatic heterocycles. The highest BCUT2D eigenvalue weighted by Crippen LogP contribution is 2.25. The maximum absolute atomic E-state index is 12.9.